The van der Waals surface area contributed by atoms with E-state index >= 15 is 0 Å². The van der Waals surface area contributed by atoms with Crippen LogP contribution in [0.25, 0.3) is 0 Å². The van der Waals surface area contributed by atoms with Gasteiger partial charge in [-0.2, -0.15) is 0 Å². The molecule has 0 saturated carbocycles. The Hall–Kier alpha value is -1.95. The van der Waals surface area contributed by atoms with Gasteiger partial charge in [0.15, 0.2) is 17.6 Å². The normalized spacial score (nSPS) is 11.5. The smallest absolute Gasteiger partial charge is 0.339 e. The first-order valence-electron chi connectivity index (χ1n) is 6.84. The molecule has 0 aromatic heterocycles. The molecule has 0 aliphatic carbocycles. The Morgan fingerprint density at radius 3 is 2.50 bits per heavy atom. The summed E-state index contributed by atoms with van der Waals surface area (Å²) in [5.74, 6) is -0.372. The van der Waals surface area contributed by atoms with E-state index in [4.69, 9.17) is 25.8 Å². The summed E-state index contributed by atoms with van der Waals surface area (Å²) in [7, 11) is 2.88. The number of amides is 1. The van der Waals surface area contributed by atoms with Crippen molar-refractivity contribution in [2.75, 3.05) is 20.8 Å². The molecule has 1 aromatic carbocycles. The Kier molecular flexibility index (Phi) is 6.98. The summed E-state index contributed by atoms with van der Waals surface area (Å²) in [6.07, 6.45) is -0.0940. The number of rotatable bonds is 7. The zero-order chi connectivity index (χ0) is 16.7. The largest absolute Gasteiger partial charge is 0.493 e. The zero-order valence-corrected chi connectivity index (χ0v) is 13.8. The molecule has 0 unspecified atom stereocenters. The van der Waals surface area contributed by atoms with Crippen LogP contribution in [0.15, 0.2) is 12.1 Å². The van der Waals surface area contributed by atoms with Crippen LogP contribution < -0.4 is 14.8 Å². The number of methoxy groups -OCH3 is 2. The molecule has 6 nitrogen and oxygen atoms in total. The monoisotopic (exact) mass is 329 g/mol. The van der Waals surface area contributed by atoms with Crippen molar-refractivity contribution in [1.29, 1.82) is 0 Å². The minimum Gasteiger partial charge on any atom is -0.493 e. The average molecular weight is 330 g/mol. The highest BCUT2D eigenvalue weighted by Crippen LogP contribution is 2.36. The van der Waals surface area contributed by atoms with Gasteiger partial charge in [-0.15, -0.1) is 0 Å². The van der Waals surface area contributed by atoms with E-state index in [0.29, 0.717) is 18.0 Å². The molecule has 1 amide bonds. The molecule has 0 heterocycles. The van der Waals surface area contributed by atoms with Crippen molar-refractivity contribution in [3.8, 4) is 11.5 Å². The summed E-state index contributed by atoms with van der Waals surface area (Å²) in [5, 5.41) is 2.87. The topological polar surface area (TPSA) is 73.9 Å². The van der Waals surface area contributed by atoms with E-state index in [-0.39, 0.29) is 16.5 Å². The number of halogens is 1. The van der Waals surface area contributed by atoms with Gasteiger partial charge in [-0.1, -0.05) is 18.5 Å². The second-order valence-corrected chi connectivity index (χ2v) is 4.94. The van der Waals surface area contributed by atoms with E-state index in [1.807, 2.05) is 6.92 Å². The van der Waals surface area contributed by atoms with Gasteiger partial charge >= 0.3 is 5.97 Å². The van der Waals surface area contributed by atoms with Gasteiger partial charge in [-0.05, 0) is 25.5 Å². The fourth-order valence-corrected chi connectivity index (χ4v) is 2.00. The highest BCUT2D eigenvalue weighted by Gasteiger charge is 2.21. The van der Waals surface area contributed by atoms with Crippen molar-refractivity contribution in [2.45, 2.75) is 26.4 Å². The van der Waals surface area contributed by atoms with Crippen LogP contribution in [0.4, 0.5) is 0 Å². The third-order valence-electron chi connectivity index (χ3n) is 2.87. The minimum atomic E-state index is -0.897. The van der Waals surface area contributed by atoms with Gasteiger partial charge in [-0.25, -0.2) is 4.79 Å². The van der Waals surface area contributed by atoms with E-state index in [1.165, 1.54) is 33.3 Å². The lowest BCUT2D eigenvalue weighted by Crippen LogP contribution is -2.36. The first-order valence-corrected chi connectivity index (χ1v) is 7.22. The molecule has 1 aromatic rings. The minimum absolute atomic E-state index is 0.179. The fraction of sp³-hybridized carbons (Fsp3) is 0.467. The molecule has 0 radical (unpaired) electrons. The molecule has 0 bridgehead atoms. The van der Waals surface area contributed by atoms with E-state index in [9.17, 15) is 9.59 Å². The second kappa shape index (κ2) is 8.48. The number of ether oxygens (including phenoxy) is 3. The van der Waals surface area contributed by atoms with Crippen molar-refractivity contribution in [2.24, 2.45) is 0 Å². The van der Waals surface area contributed by atoms with Crippen LogP contribution in [-0.2, 0) is 9.53 Å². The van der Waals surface area contributed by atoms with Crippen LogP contribution in [0.5, 0.6) is 11.5 Å². The molecule has 0 aliphatic heterocycles. The first-order chi connectivity index (χ1) is 10.4. The van der Waals surface area contributed by atoms with E-state index in [1.54, 1.807) is 0 Å². The molecular formula is C15H20ClNO5. The molecule has 122 valence electrons. The second-order valence-electron chi connectivity index (χ2n) is 4.53. The van der Waals surface area contributed by atoms with Gasteiger partial charge in [0.1, 0.15) is 0 Å². The van der Waals surface area contributed by atoms with E-state index < -0.39 is 12.1 Å². The maximum Gasteiger partial charge on any atom is 0.339 e. The van der Waals surface area contributed by atoms with Gasteiger partial charge in [-0.3, -0.25) is 4.79 Å². The van der Waals surface area contributed by atoms with Gasteiger partial charge in [0.25, 0.3) is 5.91 Å². The zero-order valence-electron chi connectivity index (χ0n) is 13.1. The highest BCUT2D eigenvalue weighted by atomic mass is 35.5. The number of carbonyl (C=O) groups is 2. The summed E-state index contributed by atoms with van der Waals surface area (Å²) in [5.41, 5.74) is 0.179. The molecular weight excluding hydrogens is 310 g/mol. The Labute approximate surface area is 134 Å². The van der Waals surface area contributed by atoms with Crippen LogP contribution in [-0.4, -0.2) is 38.7 Å². The third-order valence-corrected chi connectivity index (χ3v) is 3.15. The Balaban J connectivity index is 2.85. The predicted molar refractivity (Wildman–Crippen MR) is 82.7 cm³/mol. The lowest BCUT2D eigenvalue weighted by molar-refractivity contribution is -0.129. The Morgan fingerprint density at radius 1 is 1.27 bits per heavy atom. The summed E-state index contributed by atoms with van der Waals surface area (Å²) >= 11 is 6.03. The maximum absolute atomic E-state index is 12.1. The van der Waals surface area contributed by atoms with E-state index in [2.05, 4.69) is 5.32 Å². The Bertz CT molecular complexity index is 547. The highest BCUT2D eigenvalue weighted by molar-refractivity contribution is 6.32. The molecule has 1 N–H and O–H groups in total. The van der Waals surface area contributed by atoms with Crippen molar-refractivity contribution >= 4 is 23.5 Å². The molecule has 1 rings (SSSR count). The molecule has 0 fully saturated rings. The molecule has 0 saturated heterocycles. The van der Waals surface area contributed by atoms with Crippen molar-refractivity contribution in [3.05, 3.63) is 22.7 Å². The SMILES string of the molecule is CCCNC(=O)[C@@H](C)OC(=O)c1cc(Cl)c(OC)c(OC)c1. The summed E-state index contributed by atoms with van der Waals surface area (Å²) in [4.78, 5) is 23.8. The summed E-state index contributed by atoms with van der Waals surface area (Å²) < 4.78 is 15.3. The molecule has 1 atom stereocenters. The lowest BCUT2D eigenvalue weighted by atomic mass is 10.2. The number of carbonyl (C=O) groups excluding carboxylic acids is 2. The third kappa shape index (κ3) is 4.53. The van der Waals surface area contributed by atoms with Crippen molar-refractivity contribution in [3.63, 3.8) is 0 Å². The molecule has 0 aliphatic rings. The van der Waals surface area contributed by atoms with Crippen LogP contribution in [0, 0.1) is 0 Å². The fourth-order valence-electron chi connectivity index (χ4n) is 1.71. The van der Waals surface area contributed by atoms with Crippen LogP contribution in [0.1, 0.15) is 30.6 Å². The number of hydrogen-bond acceptors (Lipinski definition) is 5. The van der Waals surface area contributed by atoms with Gasteiger partial charge < -0.3 is 19.5 Å². The van der Waals surface area contributed by atoms with Gasteiger partial charge in [0.2, 0.25) is 0 Å². The number of hydrogen-bond donors (Lipinski definition) is 1. The molecule has 22 heavy (non-hydrogen) atoms. The maximum atomic E-state index is 12.1. The van der Waals surface area contributed by atoms with Gasteiger partial charge in [0.05, 0.1) is 24.8 Å². The Morgan fingerprint density at radius 2 is 1.95 bits per heavy atom. The van der Waals surface area contributed by atoms with Crippen LogP contribution in [0.3, 0.4) is 0 Å². The lowest BCUT2D eigenvalue weighted by Gasteiger charge is -2.15. The standard InChI is InChI=1S/C15H20ClNO5/c1-5-6-17-14(18)9(2)22-15(19)10-7-11(16)13(21-4)12(8-10)20-3/h7-9H,5-6H2,1-4H3,(H,17,18)/t9-/m1/s1. The first kappa shape index (κ1) is 18.1. The van der Waals surface area contributed by atoms with Crippen LogP contribution in [0.2, 0.25) is 5.02 Å². The number of nitrogens with one attached hydrogen (secondary N) is 1. The number of benzene rings is 1. The van der Waals surface area contributed by atoms with Crippen molar-refractivity contribution in [1.82, 2.24) is 5.32 Å². The number of esters is 1. The van der Waals surface area contributed by atoms with Crippen LogP contribution >= 0.6 is 11.6 Å². The average Bonchev–Trinajstić information content (AvgIpc) is 2.51. The van der Waals surface area contributed by atoms with Crippen molar-refractivity contribution < 1.29 is 23.8 Å². The van der Waals surface area contributed by atoms with E-state index in [0.717, 1.165) is 6.42 Å². The molecule has 7 heteroatoms. The molecule has 0 spiro atoms. The van der Waals surface area contributed by atoms with Gasteiger partial charge in [0, 0.05) is 6.54 Å². The summed E-state index contributed by atoms with van der Waals surface area (Å²) in [6, 6.07) is 2.85. The summed E-state index contributed by atoms with van der Waals surface area (Å²) in [6.45, 7) is 3.97. The quantitative estimate of drug-likeness (QED) is 0.778. The predicted octanol–water partition coefficient (Wildman–Crippen LogP) is 2.43.